The third-order valence-corrected chi connectivity index (χ3v) is 4.40. The van der Waals surface area contributed by atoms with Crippen molar-refractivity contribution in [2.75, 3.05) is 6.54 Å². The molecule has 1 saturated carbocycles. The summed E-state index contributed by atoms with van der Waals surface area (Å²) in [5.41, 5.74) is 1.22. The molecule has 0 spiro atoms. The predicted molar refractivity (Wildman–Crippen MR) is 81.0 cm³/mol. The summed E-state index contributed by atoms with van der Waals surface area (Å²) in [7, 11) is 0. The monoisotopic (exact) mass is 289 g/mol. The topological polar surface area (TPSA) is 66.4 Å². The summed E-state index contributed by atoms with van der Waals surface area (Å²) in [6.07, 6.45) is 2.59. The van der Waals surface area contributed by atoms with E-state index in [4.69, 9.17) is 5.11 Å². The Labute approximate surface area is 125 Å². The van der Waals surface area contributed by atoms with Crippen molar-refractivity contribution in [3.8, 4) is 0 Å². The van der Waals surface area contributed by atoms with E-state index in [1.54, 1.807) is 0 Å². The first kappa shape index (κ1) is 15.5. The van der Waals surface area contributed by atoms with Gasteiger partial charge in [0, 0.05) is 12.5 Å². The van der Waals surface area contributed by atoms with Crippen LogP contribution in [0, 0.1) is 11.8 Å². The molecule has 0 aliphatic heterocycles. The van der Waals surface area contributed by atoms with Crippen LogP contribution in [0.4, 0.5) is 0 Å². The zero-order valence-electron chi connectivity index (χ0n) is 12.4. The van der Waals surface area contributed by atoms with Gasteiger partial charge in [0.05, 0.1) is 5.92 Å². The van der Waals surface area contributed by atoms with Gasteiger partial charge in [-0.3, -0.25) is 9.59 Å². The Morgan fingerprint density at radius 3 is 2.29 bits per heavy atom. The van der Waals surface area contributed by atoms with Gasteiger partial charge >= 0.3 is 5.97 Å². The standard InChI is InChI=1S/C17H23NO3/c1-12(13-5-3-2-4-6-13)11-18-16(19)14-7-9-15(10-8-14)17(20)21/h2-6,12,14-15H,7-11H2,1H3,(H,18,19)(H,20,21). The lowest BCUT2D eigenvalue weighted by atomic mass is 9.81. The molecule has 4 nitrogen and oxygen atoms in total. The maximum Gasteiger partial charge on any atom is 0.306 e. The normalized spacial score (nSPS) is 23.3. The molecule has 1 aliphatic carbocycles. The highest BCUT2D eigenvalue weighted by molar-refractivity contribution is 5.79. The Morgan fingerprint density at radius 2 is 1.71 bits per heavy atom. The highest BCUT2D eigenvalue weighted by Gasteiger charge is 2.29. The molecule has 1 amide bonds. The maximum atomic E-state index is 12.2. The molecule has 0 bridgehead atoms. The summed E-state index contributed by atoms with van der Waals surface area (Å²) in [4.78, 5) is 23.1. The molecule has 1 atom stereocenters. The number of amides is 1. The van der Waals surface area contributed by atoms with E-state index in [2.05, 4.69) is 24.4 Å². The first-order valence-electron chi connectivity index (χ1n) is 7.63. The molecule has 114 valence electrons. The Balaban J connectivity index is 1.76. The Morgan fingerprint density at radius 1 is 1.14 bits per heavy atom. The van der Waals surface area contributed by atoms with Crippen LogP contribution in [0.25, 0.3) is 0 Å². The van der Waals surface area contributed by atoms with Gasteiger partial charge in [0.1, 0.15) is 0 Å². The Kier molecular flexibility index (Phi) is 5.37. The van der Waals surface area contributed by atoms with Crippen LogP contribution in [0.15, 0.2) is 30.3 Å². The van der Waals surface area contributed by atoms with Gasteiger partial charge in [-0.25, -0.2) is 0 Å². The molecule has 1 aromatic carbocycles. The van der Waals surface area contributed by atoms with E-state index in [0.29, 0.717) is 32.2 Å². The first-order chi connectivity index (χ1) is 10.1. The van der Waals surface area contributed by atoms with Crippen molar-refractivity contribution in [2.45, 2.75) is 38.5 Å². The molecule has 1 aliphatic rings. The fourth-order valence-electron chi connectivity index (χ4n) is 2.90. The highest BCUT2D eigenvalue weighted by atomic mass is 16.4. The number of carboxylic acids is 1. The van der Waals surface area contributed by atoms with E-state index >= 15 is 0 Å². The number of nitrogens with one attached hydrogen (secondary N) is 1. The second kappa shape index (κ2) is 7.25. The summed E-state index contributed by atoms with van der Waals surface area (Å²) in [6.45, 7) is 2.72. The van der Waals surface area contributed by atoms with Crippen molar-refractivity contribution in [2.24, 2.45) is 11.8 Å². The van der Waals surface area contributed by atoms with E-state index in [-0.39, 0.29) is 23.7 Å². The molecule has 0 heterocycles. The van der Waals surface area contributed by atoms with E-state index in [1.165, 1.54) is 5.56 Å². The molecule has 0 aromatic heterocycles. The molecule has 1 aromatic rings. The molecule has 4 heteroatoms. The minimum atomic E-state index is -0.730. The highest BCUT2D eigenvalue weighted by Crippen LogP contribution is 2.29. The second-order valence-corrected chi connectivity index (χ2v) is 5.94. The molecule has 1 fully saturated rings. The number of hydrogen-bond acceptors (Lipinski definition) is 2. The summed E-state index contributed by atoms with van der Waals surface area (Å²) in [5.74, 6) is -0.667. The van der Waals surface area contributed by atoms with E-state index < -0.39 is 5.97 Å². The average molecular weight is 289 g/mol. The number of benzene rings is 1. The fourth-order valence-corrected chi connectivity index (χ4v) is 2.90. The molecule has 2 N–H and O–H groups in total. The third kappa shape index (κ3) is 4.31. The number of aliphatic carboxylic acids is 1. The van der Waals surface area contributed by atoms with Crippen LogP contribution in [-0.2, 0) is 9.59 Å². The molecule has 0 radical (unpaired) electrons. The van der Waals surface area contributed by atoms with Gasteiger partial charge in [-0.15, -0.1) is 0 Å². The smallest absolute Gasteiger partial charge is 0.306 e. The molecule has 21 heavy (non-hydrogen) atoms. The second-order valence-electron chi connectivity index (χ2n) is 5.94. The minimum Gasteiger partial charge on any atom is -0.481 e. The summed E-state index contributed by atoms with van der Waals surface area (Å²) in [5, 5.41) is 12.0. The first-order valence-corrected chi connectivity index (χ1v) is 7.63. The van der Waals surface area contributed by atoms with Gasteiger partial charge in [-0.1, -0.05) is 37.3 Å². The van der Waals surface area contributed by atoms with Crippen LogP contribution in [0.1, 0.15) is 44.1 Å². The van der Waals surface area contributed by atoms with E-state index in [1.807, 2.05) is 18.2 Å². The maximum absolute atomic E-state index is 12.2. The summed E-state index contributed by atoms with van der Waals surface area (Å²) >= 11 is 0. The number of rotatable bonds is 5. The fraction of sp³-hybridized carbons (Fsp3) is 0.529. The van der Waals surface area contributed by atoms with Crippen LogP contribution in [0.3, 0.4) is 0 Å². The predicted octanol–water partition coefficient (Wildman–Crippen LogP) is 2.80. The zero-order valence-corrected chi connectivity index (χ0v) is 12.4. The molecular weight excluding hydrogens is 266 g/mol. The molecule has 2 rings (SSSR count). The van der Waals surface area contributed by atoms with Gasteiger partial charge in [0.15, 0.2) is 0 Å². The van der Waals surface area contributed by atoms with Crippen LogP contribution in [0.5, 0.6) is 0 Å². The number of hydrogen-bond donors (Lipinski definition) is 2. The molecular formula is C17H23NO3. The van der Waals surface area contributed by atoms with Gasteiger partial charge in [0.25, 0.3) is 0 Å². The average Bonchev–Trinajstić information content (AvgIpc) is 2.53. The summed E-state index contributed by atoms with van der Waals surface area (Å²) in [6, 6.07) is 10.1. The lowest BCUT2D eigenvalue weighted by Gasteiger charge is -2.25. The number of carbonyl (C=O) groups is 2. The third-order valence-electron chi connectivity index (χ3n) is 4.40. The van der Waals surface area contributed by atoms with Gasteiger partial charge < -0.3 is 10.4 Å². The lowest BCUT2D eigenvalue weighted by molar-refractivity contribution is -0.144. The molecule has 0 saturated heterocycles. The number of carbonyl (C=O) groups excluding carboxylic acids is 1. The van der Waals surface area contributed by atoms with E-state index in [9.17, 15) is 9.59 Å². The van der Waals surface area contributed by atoms with Gasteiger partial charge in [-0.05, 0) is 37.2 Å². The largest absolute Gasteiger partial charge is 0.481 e. The van der Waals surface area contributed by atoms with Crippen molar-refractivity contribution in [3.63, 3.8) is 0 Å². The van der Waals surface area contributed by atoms with Gasteiger partial charge in [0.2, 0.25) is 5.91 Å². The van der Waals surface area contributed by atoms with Crippen LogP contribution in [0.2, 0.25) is 0 Å². The van der Waals surface area contributed by atoms with Crippen molar-refractivity contribution < 1.29 is 14.7 Å². The van der Waals surface area contributed by atoms with Crippen molar-refractivity contribution in [3.05, 3.63) is 35.9 Å². The van der Waals surface area contributed by atoms with Gasteiger partial charge in [-0.2, -0.15) is 0 Å². The minimum absolute atomic E-state index is 0.0245. The van der Waals surface area contributed by atoms with Crippen LogP contribution < -0.4 is 5.32 Å². The zero-order chi connectivity index (χ0) is 15.2. The van der Waals surface area contributed by atoms with E-state index in [0.717, 1.165) is 0 Å². The van der Waals surface area contributed by atoms with Crippen molar-refractivity contribution in [1.29, 1.82) is 0 Å². The SMILES string of the molecule is CC(CNC(=O)C1CCC(C(=O)O)CC1)c1ccccc1. The lowest BCUT2D eigenvalue weighted by Crippen LogP contribution is -2.36. The molecule has 1 unspecified atom stereocenters. The summed E-state index contributed by atoms with van der Waals surface area (Å²) < 4.78 is 0. The van der Waals surface area contributed by atoms with Crippen molar-refractivity contribution in [1.82, 2.24) is 5.32 Å². The number of carboxylic acid groups (broad SMARTS) is 1. The quantitative estimate of drug-likeness (QED) is 0.876. The van der Waals surface area contributed by atoms with Crippen LogP contribution in [-0.4, -0.2) is 23.5 Å². The van der Waals surface area contributed by atoms with Crippen molar-refractivity contribution >= 4 is 11.9 Å². The Bertz CT molecular complexity index is 478. The Hall–Kier alpha value is -1.84. The van der Waals surface area contributed by atoms with Crippen LogP contribution >= 0.6 is 0 Å².